The fourth-order valence-corrected chi connectivity index (χ4v) is 14.1. The monoisotopic (exact) mass is 707 g/mol. The molecule has 2 aliphatic carbocycles. The Bertz CT molecular complexity index is 1730. The third-order valence-corrected chi connectivity index (χ3v) is 16.9. The molecule has 7 nitrogen and oxygen atoms in total. The van der Waals surface area contributed by atoms with Gasteiger partial charge in [0.05, 0.1) is 31.2 Å². The predicted molar refractivity (Wildman–Crippen MR) is 202 cm³/mol. The van der Waals surface area contributed by atoms with Crippen LogP contribution in [-0.4, -0.2) is 55.5 Å². The molecule has 8 heteroatoms. The average Bonchev–Trinajstić information content (AvgIpc) is 3.84. The summed E-state index contributed by atoms with van der Waals surface area (Å²) in [6, 6.07) is 25.1. The SMILES string of the molecule is C/C(=C\c1ccc(CO)o1)CC[C@H]1OC[C@H]2C1=C(CO[Si](c1ccccc1)(c1ccccc1)C(C)(C)C)C[C@H]1C(=O)N(C3CCCCC3)C(=O)[C@H]12. The lowest BCUT2D eigenvalue weighted by Crippen LogP contribution is -2.66. The van der Waals surface area contributed by atoms with Crippen molar-refractivity contribution in [3.8, 4) is 0 Å². The zero-order valence-electron chi connectivity index (χ0n) is 30.6. The first-order chi connectivity index (χ1) is 24.6. The normalized spacial score (nSPS) is 24.7. The molecule has 0 bridgehead atoms. The number of imide groups is 1. The lowest BCUT2D eigenvalue weighted by atomic mass is 9.69. The van der Waals surface area contributed by atoms with Crippen molar-refractivity contribution in [2.75, 3.05) is 13.2 Å². The summed E-state index contributed by atoms with van der Waals surface area (Å²) in [7, 11) is -2.86. The van der Waals surface area contributed by atoms with Crippen LogP contribution in [0.5, 0.6) is 0 Å². The van der Waals surface area contributed by atoms with E-state index in [9.17, 15) is 14.7 Å². The van der Waals surface area contributed by atoms with Crippen molar-refractivity contribution in [2.45, 2.75) is 103 Å². The number of ether oxygens (including phenoxy) is 1. The Hall–Kier alpha value is -3.56. The molecule has 4 aliphatic rings. The van der Waals surface area contributed by atoms with Gasteiger partial charge in [0.1, 0.15) is 18.1 Å². The van der Waals surface area contributed by atoms with Gasteiger partial charge in [-0.25, -0.2) is 0 Å². The highest BCUT2D eigenvalue weighted by Gasteiger charge is 2.59. The number of carbonyl (C=O) groups is 2. The van der Waals surface area contributed by atoms with Crippen LogP contribution < -0.4 is 10.4 Å². The van der Waals surface area contributed by atoms with Crippen molar-refractivity contribution in [1.29, 1.82) is 0 Å². The van der Waals surface area contributed by atoms with E-state index in [4.69, 9.17) is 13.6 Å². The van der Waals surface area contributed by atoms with Gasteiger partial charge in [-0.15, -0.1) is 0 Å². The van der Waals surface area contributed by atoms with Gasteiger partial charge in [-0.3, -0.25) is 14.5 Å². The number of furan rings is 1. The van der Waals surface area contributed by atoms with Crippen LogP contribution in [0.3, 0.4) is 0 Å². The lowest BCUT2D eigenvalue weighted by molar-refractivity contribution is -0.143. The summed E-state index contributed by atoms with van der Waals surface area (Å²) < 4.78 is 19.8. The standard InChI is InChI=1S/C43H53NO6Si/c1-29(24-32-21-22-33(26-45)50-32)20-23-38-39-30(25-36-40(37(39)28-48-38)42(47)44(41(36)46)31-14-8-5-9-15-31)27-49-51(43(2,3)4,34-16-10-6-11-17-34)35-18-12-7-13-19-35/h6-7,10-13,16-19,21-22,24,31,36-38,40,45H,5,8-9,14-15,20,23,25-28H2,1-4H3/b29-24+/t36-,37+,38-,40-/m1/s1. The third kappa shape index (κ3) is 6.76. The van der Waals surface area contributed by atoms with Gasteiger partial charge in [-0.1, -0.05) is 106 Å². The first-order valence-corrected chi connectivity index (χ1v) is 20.8. The predicted octanol–water partition coefficient (Wildman–Crippen LogP) is 7.18. The van der Waals surface area contributed by atoms with Gasteiger partial charge in [-0.05, 0) is 83.8 Å². The van der Waals surface area contributed by atoms with Crippen LogP contribution in [-0.2, 0) is 25.4 Å². The second kappa shape index (κ2) is 14.8. The molecule has 51 heavy (non-hydrogen) atoms. The molecule has 1 N–H and O–H groups in total. The van der Waals surface area contributed by atoms with E-state index in [1.165, 1.54) is 22.4 Å². The molecule has 0 spiro atoms. The van der Waals surface area contributed by atoms with Crippen molar-refractivity contribution < 1.29 is 28.3 Å². The van der Waals surface area contributed by atoms with Crippen molar-refractivity contribution >= 4 is 36.6 Å². The number of fused-ring (bicyclic) bond motifs is 3. The van der Waals surface area contributed by atoms with Crippen LogP contribution in [0.2, 0.25) is 5.04 Å². The highest BCUT2D eigenvalue weighted by Crippen LogP contribution is 2.51. The Kier molecular flexibility index (Phi) is 10.4. The molecule has 270 valence electrons. The van der Waals surface area contributed by atoms with Crippen LogP contribution in [0.25, 0.3) is 6.08 Å². The van der Waals surface area contributed by atoms with E-state index in [0.717, 1.165) is 55.4 Å². The van der Waals surface area contributed by atoms with Gasteiger partial charge >= 0.3 is 0 Å². The largest absolute Gasteiger partial charge is 0.459 e. The first kappa shape index (κ1) is 35.8. The number of likely N-dealkylation sites (tertiary alicyclic amines) is 1. The van der Waals surface area contributed by atoms with E-state index in [2.05, 4.69) is 88.4 Å². The highest BCUT2D eigenvalue weighted by atomic mass is 28.4. The Morgan fingerprint density at radius 2 is 1.59 bits per heavy atom. The van der Waals surface area contributed by atoms with Crippen LogP contribution in [0.1, 0.15) is 90.6 Å². The summed E-state index contributed by atoms with van der Waals surface area (Å²) in [6.07, 6.45) is 9.07. The fraction of sp³-hybridized carbons (Fsp3) is 0.488. The quantitative estimate of drug-likeness (QED) is 0.129. The number of carbonyl (C=O) groups excluding carboxylic acids is 2. The number of allylic oxidation sites excluding steroid dienone is 1. The molecule has 0 unspecified atom stereocenters. The molecule has 3 heterocycles. The second-order valence-corrected chi connectivity index (χ2v) is 20.4. The maximum Gasteiger partial charge on any atom is 0.261 e. The van der Waals surface area contributed by atoms with E-state index in [0.29, 0.717) is 25.4 Å². The molecule has 1 saturated carbocycles. The van der Waals surface area contributed by atoms with Gasteiger partial charge in [0.25, 0.3) is 8.32 Å². The molecule has 2 aliphatic heterocycles. The summed E-state index contributed by atoms with van der Waals surface area (Å²) in [4.78, 5) is 30.2. The van der Waals surface area contributed by atoms with E-state index < -0.39 is 8.32 Å². The first-order valence-electron chi connectivity index (χ1n) is 18.9. The van der Waals surface area contributed by atoms with Gasteiger partial charge < -0.3 is 18.7 Å². The van der Waals surface area contributed by atoms with Crippen molar-refractivity contribution in [1.82, 2.24) is 4.90 Å². The number of nitrogens with zero attached hydrogens (tertiary/aromatic N) is 1. The zero-order chi connectivity index (χ0) is 35.8. The number of benzene rings is 2. The Balaban J connectivity index is 1.24. The Morgan fingerprint density at radius 3 is 2.20 bits per heavy atom. The molecule has 4 atom stereocenters. The third-order valence-electron chi connectivity index (χ3n) is 11.9. The summed E-state index contributed by atoms with van der Waals surface area (Å²) in [5.74, 6) is 0.437. The minimum atomic E-state index is -2.86. The molecule has 0 radical (unpaired) electrons. The van der Waals surface area contributed by atoms with Gasteiger partial charge in [0.15, 0.2) is 0 Å². The van der Waals surface area contributed by atoms with Crippen LogP contribution in [0, 0.1) is 17.8 Å². The van der Waals surface area contributed by atoms with Crippen LogP contribution in [0.15, 0.2) is 93.9 Å². The van der Waals surface area contributed by atoms with Gasteiger partial charge in [-0.2, -0.15) is 0 Å². The number of aliphatic hydroxyl groups excluding tert-OH is 1. The summed E-state index contributed by atoms with van der Waals surface area (Å²) >= 11 is 0. The molecule has 3 fully saturated rings. The van der Waals surface area contributed by atoms with Gasteiger partial charge in [0.2, 0.25) is 11.8 Å². The van der Waals surface area contributed by atoms with Crippen molar-refractivity contribution in [3.05, 3.63) is 101 Å². The van der Waals surface area contributed by atoms with E-state index in [-0.39, 0.29) is 53.4 Å². The average molecular weight is 708 g/mol. The minimum Gasteiger partial charge on any atom is -0.459 e. The molecule has 1 aromatic heterocycles. The number of hydrogen-bond acceptors (Lipinski definition) is 6. The zero-order valence-corrected chi connectivity index (χ0v) is 31.6. The molecule has 3 aromatic rings. The minimum absolute atomic E-state index is 0.0156. The summed E-state index contributed by atoms with van der Waals surface area (Å²) in [5.41, 5.74) is 3.48. The molecular weight excluding hydrogens is 655 g/mol. The maximum atomic E-state index is 14.3. The molecule has 7 rings (SSSR count). The number of aliphatic hydroxyl groups is 1. The fourth-order valence-electron chi connectivity index (χ4n) is 9.52. The molecule has 2 aromatic carbocycles. The topological polar surface area (TPSA) is 89.2 Å². The van der Waals surface area contributed by atoms with Crippen LogP contribution in [0.4, 0.5) is 0 Å². The number of amides is 2. The Morgan fingerprint density at radius 1 is 0.922 bits per heavy atom. The summed E-state index contributed by atoms with van der Waals surface area (Å²) in [5, 5.41) is 11.7. The molecule has 2 saturated heterocycles. The summed E-state index contributed by atoms with van der Waals surface area (Å²) in [6.45, 7) is 9.68. The van der Waals surface area contributed by atoms with Crippen molar-refractivity contribution in [2.24, 2.45) is 17.8 Å². The smallest absolute Gasteiger partial charge is 0.261 e. The van der Waals surface area contributed by atoms with E-state index in [1.807, 2.05) is 12.1 Å². The second-order valence-electron chi connectivity index (χ2n) is 16.1. The van der Waals surface area contributed by atoms with Crippen molar-refractivity contribution in [3.63, 3.8) is 0 Å². The molecular formula is C43H53NO6Si. The van der Waals surface area contributed by atoms with Gasteiger partial charge in [0, 0.05) is 12.0 Å². The number of hydrogen-bond donors (Lipinski definition) is 1. The lowest BCUT2D eigenvalue weighted by Gasteiger charge is -2.44. The van der Waals surface area contributed by atoms with E-state index in [1.54, 1.807) is 11.0 Å². The van der Waals surface area contributed by atoms with Crippen LogP contribution >= 0.6 is 0 Å². The highest BCUT2D eigenvalue weighted by molar-refractivity contribution is 6.99. The number of rotatable bonds is 11. The Labute approximate surface area is 303 Å². The maximum absolute atomic E-state index is 14.3. The van der Waals surface area contributed by atoms with E-state index >= 15 is 0 Å². The molecule has 2 amide bonds.